The lowest BCUT2D eigenvalue weighted by molar-refractivity contribution is -0.140. The number of ether oxygens (including phenoxy) is 1. The summed E-state index contributed by atoms with van der Waals surface area (Å²) in [5.41, 5.74) is 2.03. The van der Waals surface area contributed by atoms with Gasteiger partial charge in [-0.2, -0.15) is 0 Å². The normalized spacial score (nSPS) is 12.1. The monoisotopic (exact) mass is 284 g/mol. The van der Waals surface area contributed by atoms with E-state index in [2.05, 4.69) is 24.9 Å². The lowest BCUT2D eigenvalue weighted by Crippen LogP contribution is -2.25. The van der Waals surface area contributed by atoms with Crippen molar-refractivity contribution >= 4 is 29.0 Å². The Labute approximate surface area is 122 Å². The number of hydrogen-bond donors (Lipinski definition) is 1. The molecule has 3 rings (SSSR count). The smallest absolute Gasteiger partial charge is 0.305 e. The average Bonchev–Trinajstić information content (AvgIpc) is 2.54. The van der Waals surface area contributed by atoms with Gasteiger partial charge in [-0.1, -0.05) is 12.1 Å². The molecule has 0 unspecified atom stereocenters. The molecule has 108 valence electrons. The van der Waals surface area contributed by atoms with E-state index in [-0.39, 0.29) is 5.97 Å². The number of esters is 1. The number of para-hydroxylation sites is 2. The van der Waals surface area contributed by atoms with Gasteiger partial charge in [-0.15, -0.1) is 0 Å². The molecule has 21 heavy (non-hydrogen) atoms. The van der Waals surface area contributed by atoms with Gasteiger partial charge in [-0.25, -0.2) is 9.97 Å². The number of nitrogens with one attached hydrogen (secondary N) is 1. The van der Waals surface area contributed by atoms with Crippen molar-refractivity contribution < 1.29 is 9.53 Å². The van der Waals surface area contributed by atoms with Gasteiger partial charge in [0, 0.05) is 25.4 Å². The maximum absolute atomic E-state index is 11.3. The highest BCUT2D eigenvalue weighted by atomic mass is 16.5. The van der Waals surface area contributed by atoms with E-state index in [0.717, 1.165) is 23.0 Å². The molecule has 1 aromatic heterocycles. The summed E-state index contributed by atoms with van der Waals surface area (Å²) in [6.07, 6.45) is 4.41. The molecule has 0 amide bonds. The molecule has 0 spiro atoms. The number of rotatable bonds is 4. The third-order valence-electron chi connectivity index (χ3n) is 3.37. The fourth-order valence-electron chi connectivity index (χ4n) is 2.38. The second-order valence-corrected chi connectivity index (χ2v) is 4.70. The number of anilines is 4. The van der Waals surface area contributed by atoms with Crippen molar-refractivity contribution in [3.8, 4) is 0 Å². The van der Waals surface area contributed by atoms with Crippen LogP contribution in [0.1, 0.15) is 12.8 Å². The largest absolute Gasteiger partial charge is 0.469 e. The Morgan fingerprint density at radius 2 is 2.10 bits per heavy atom. The Balaban J connectivity index is 1.86. The van der Waals surface area contributed by atoms with Gasteiger partial charge in [-0.05, 0) is 18.6 Å². The van der Waals surface area contributed by atoms with Crippen LogP contribution in [0.2, 0.25) is 0 Å². The van der Waals surface area contributed by atoms with E-state index >= 15 is 0 Å². The molecule has 0 saturated carbocycles. The molecule has 1 aromatic carbocycles. The predicted molar refractivity (Wildman–Crippen MR) is 80.0 cm³/mol. The molecule has 2 aromatic rings. The molecule has 1 aliphatic heterocycles. The van der Waals surface area contributed by atoms with Gasteiger partial charge in [0.05, 0.1) is 18.5 Å². The predicted octanol–water partition coefficient (Wildman–Crippen LogP) is 2.62. The number of nitrogens with zero attached hydrogens (tertiary/aromatic N) is 3. The van der Waals surface area contributed by atoms with E-state index in [4.69, 9.17) is 0 Å². The first kappa shape index (κ1) is 13.4. The minimum atomic E-state index is -0.196. The van der Waals surface area contributed by atoms with Gasteiger partial charge in [0.1, 0.15) is 0 Å². The maximum atomic E-state index is 11.3. The maximum Gasteiger partial charge on any atom is 0.305 e. The average molecular weight is 284 g/mol. The highest BCUT2D eigenvalue weighted by molar-refractivity contribution is 5.88. The second-order valence-electron chi connectivity index (χ2n) is 4.70. The SMILES string of the molecule is COC(=O)CCCN1c2ccccc2Nc2nccnc21. The number of hydrogen-bond acceptors (Lipinski definition) is 6. The molecule has 1 N–H and O–H groups in total. The molecule has 6 nitrogen and oxygen atoms in total. The van der Waals surface area contributed by atoms with Crippen LogP contribution in [0.3, 0.4) is 0 Å². The number of benzene rings is 1. The summed E-state index contributed by atoms with van der Waals surface area (Å²) in [7, 11) is 1.41. The molecule has 0 saturated heterocycles. The van der Waals surface area contributed by atoms with Crippen molar-refractivity contribution in [1.82, 2.24) is 9.97 Å². The minimum absolute atomic E-state index is 0.196. The Morgan fingerprint density at radius 3 is 2.95 bits per heavy atom. The summed E-state index contributed by atoms with van der Waals surface area (Å²) in [6.45, 7) is 0.680. The van der Waals surface area contributed by atoms with Crippen LogP contribution in [0.4, 0.5) is 23.0 Å². The van der Waals surface area contributed by atoms with E-state index in [1.54, 1.807) is 12.4 Å². The van der Waals surface area contributed by atoms with E-state index < -0.39 is 0 Å². The summed E-state index contributed by atoms with van der Waals surface area (Å²) in [5.74, 6) is 1.31. The summed E-state index contributed by atoms with van der Waals surface area (Å²) in [5, 5.41) is 3.27. The van der Waals surface area contributed by atoms with Gasteiger partial charge in [0.25, 0.3) is 0 Å². The third-order valence-corrected chi connectivity index (χ3v) is 3.37. The van der Waals surface area contributed by atoms with Crippen LogP contribution in [0.5, 0.6) is 0 Å². The van der Waals surface area contributed by atoms with Crippen molar-refractivity contribution in [3.63, 3.8) is 0 Å². The standard InChI is InChI=1S/C15H16N4O2/c1-21-13(20)7-4-10-19-12-6-3-2-5-11(12)18-14-15(19)17-9-8-16-14/h2-3,5-6,8-9H,4,7,10H2,1H3,(H,16,18). The molecule has 0 atom stereocenters. The molecular weight excluding hydrogens is 268 g/mol. The molecule has 2 heterocycles. The molecular formula is C15H16N4O2. The van der Waals surface area contributed by atoms with Crippen LogP contribution in [0.25, 0.3) is 0 Å². The van der Waals surface area contributed by atoms with Crippen LogP contribution in [0, 0.1) is 0 Å². The van der Waals surface area contributed by atoms with Crippen molar-refractivity contribution in [2.24, 2.45) is 0 Å². The zero-order valence-electron chi connectivity index (χ0n) is 11.7. The molecule has 0 bridgehead atoms. The van der Waals surface area contributed by atoms with Crippen molar-refractivity contribution in [2.75, 3.05) is 23.9 Å². The Bertz CT molecular complexity index is 614. The Hall–Kier alpha value is -2.63. The molecule has 0 aliphatic carbocycles. The number of carbonyl (C=O) groups is 1. The van der Waals surface area contributed by atoms with E-state index in [1.165, 1.54) is 7.11 Å². The van der Waals surface area contributed by atoms with E-state index in [9.17, 15) is 4.79 Å². The highest BCUT2D eigenvalue weighted by Crippen LogP contribution is 2.40. The van der Waals surface area contributed by atoms with Crippen molar-refractivity contribution in [3.05, 3.63) is 36.7 Å². The second kappa shape index (κ2) is 5.78. The topological polar surface area (TPSA) is 67.3 Å². The lowest BCUT2D eigenvalue weighted by atomic mass is 10.2. The molecule has 1 aliphatic rings. The van der Waals surface area contributed by atoms with Crippen molar-refractivity contribution in [2.45, 2.75) is 12.8 Å². The highest BCUT2D eigenvalue weighted by Gasteiger charge is 2.23. The van der Waals surface area contributed by atoms with E-state index in [1.807, 2.05) is 24.3 Å². The number of aromatic nitrogens is 2. The van der Waals surface area contributed by atoms with Crippen LogP contribution >= 0.6 is 0 Å². The van der Waals surface area contributed by atoms with Crippen LogP contribution in [0.15, 0.2) is 36.7 Å². The van der Waals surface area contributed by atoms with Gasteiger partial charge in [0.15, 0.2) is 11.6 Å². The third kappa shape index (κ3) is 2.65. The molecule has 0 fully saturated rings. The van der Waals surface area contributed by atoms with E-state index in [0.29, 0.717) is 19.4 Å². The van der Waals surface area contributed by atoms with Gasteiger partial charge >= 0.3 is 5.97 Å². The summed E-state index contributed by atoms with van der Waals surface area (Å²) in [4.78, 5) is 22.1. The fourth-order valence-corrected chi connectivity index (χ4v) is 2.38. The van der Waals surface area contributed by atoms with Gasteiger partial charge in [-0.3, -0.25) is 4.79 Å². The lowest BCUT2D eigenvalue weighted by Gasteiger charge is -2.31. The van der Waals surface area contributed by atoms with Crippen LogP contribution in [-0.4, -0.2) is 29.6 Å². The summed E-state index contributed by atoms with van der Waals surface area (Å²) >= 11 is 0. The first-order chi connectivity index (χ1) is 10.3. The Morgan fingerprint density at radius 1 is 1.29 bits per heavy atom. The molecule has 0 radical (unpaired) electrons. The van der Waals surface area contributed by atoms with Gasteiger partial charge in [0.2, 0.25) is 0 Å². The number of carbonyl (C=O) groups excluding carboxylic acids is 1. The quantitative estimate of drug-likeness (QED) is 0.870. The zero-order valence-corrected chi connectivity index (χ0v) is 11.7. The summed E-state index contributed by atoms with van der Waals surface area (Å²) < 4.78 is 4.68. The minimum Gasteiger partial charge on any atom is -0.469 e. The van der Waals surface area contributed by atoms with Gasteiger partial charge < -0.3 is 15.0 Å². The molecule has 6 heteroatoms. The Kier molecular flexibility index (Phi) is 3.68. The first-order valence-corrected chi connectivity index (χ1v) is 6.81. The first-order valence-electron chi connectivity index (χ1n) is 6.81. The summed E-state index contributed by atoms with van der Waals surface area (Å²) in [6, 6.07) is 7.98. The van der Waals surface area contributed by atoms with Crippen LogP contribution in [-0.2, 0) is 9.53 Å². The number of methoxy groups -OCH3 is 1. The zero-order chi connectivity index (χ0) is 14.7. The fraction of sp³-hybridized carbons (Fsp3) is 0.267. The van der Waals surface area contributed by atoms with Crippen molar-refractivity contribution in [1.29, 1.82) is 0 Å². The van der Waals surface area contributed by atoms with Crippen LogP contribution < -0.4 is 10.2 Å². The number of fused-ring (bicyclic) bond motifs is 2.